The van der Waals surface area contributed by atoms with Gasteiger partial charge in [-0.3, -0.25) is 19.1 Å². The van der Waals surface area contributed by atoms with Gasteiger partial charge in [-0.2, -0.15) is 8.42 Å². The number of carbonyl (C=O) groups is 1. The summed E-state index contributed by atoms with van der Waals surface area (Å²) >= 11 is 0. The lowest BCUT2D eigenvalue weighted by Crippen LogP contribution is -2.40. The first-order valence-corrected chi connectivity index (χ1v) is 46.6. The number of aldehydes is 1. The summed E-state index contributed by atoms with van der Waals surface area (Å²) in [5.74, 6) is 5.27. The Balaban J connectivity index is 0.000000124. The second-order valence-electron chi connectivity index (χ2n) is 36.5. The number of piperidine rings is 3. The van der Waals surface area contributed by atoms with Crippen LogP contribution in [0.5, 0.6) is 0 Å². The molecule has 5 N–H and O–H groups in total. The smallest absolute Gasteiger partial charge is 0.261 e. The molecule has 1 aliphatic carbocycles. The topological polar surface area (TPSA) is 337 Å². The third-order valence-corrected chi connectivity index (χ3v) is 27.7. The van der Waals surface area contributed by atoms with Crippen LogP contribution in [-0.2, 0) is 37.4 Å². The van der Waals surface area contributed by atoms with Crippen LogP contribution in [0.25, 0.3) is 133 Å². The van der Waals surface area contributed by atoms with E-state index in [1.165, 1.54) is 140 Å². The molecule has 8 saturated heterocycles. The minimum atomic E-state index is -3.67. The Kier molecular flexibility index (Phi) is 25.7. The zero-order valence-electron chi connectivity index (χ0n) is 72.6. The summed E-state index contributed by atoms with van der Waals surface area (Å²) in [4.78, 5) is 82.1. The molecule has 1 saturated carbocycles. The van der Waals surface area contributed by atoms with E-state index in [1.54, 1.807) is 6.07 Å². The van der Waals surface area contributed by atoms with Crippen LogP contribution in [0.15, 0.2) is 141 Å². The minimum absolute atomic E-state index is 0. The third-order valence-electron chi connectivity index (χ3n) is 27.7. The number of pyridine rings is 3. The van der Waals surface area contributed by atoms with Crippen molar-refractivity contribution in [2.45, 2.75) is 98.1 Å². The number of nitrogens with one attached hydrogen (secondary N) is 4. The van der Waals surface area contributed by atoms with E-state index >= 15 is 0 Å². The average molecular weight is 1780 g/mol. The summed E-state index contributed by atoms with van der Waals surface area (Å²) in [5.41, 5.74) is 16.8. The molecule has 674 valence electrons. The van der Waals surface area contributed by atoms with Gasteiger partial charge in [0.1, 0.15) is 16.6 Å². The van der Waals surface area contributed by atoms with Crippen LogP contribution in [0.4, 0.5) is 17.5 Å². The summed E-state index contributed by atoms with van der Waals surface area (Å²) in [5, 5.41) is 9.32. The van der Waals surface area contributed by atoms with Gasteiger partial charge in [0, 0.05) is 159 Å². The monoisotopic (exact) mass is 1780 g/mol. The second kappa shape index (κ2) is 37.4. The Morgan fingerprint density at radius 1 is 0.469 bits per heavy atom. The van der Waals surface area contributed by atoms with Crippen molar-refractivity contribution >= 4 is 146 Å². The minimum Gasteiger partial charge on any atom is -0.432 e. The number of morpholine rings is 3. The van der Waals surface area contributed by atoms with Gasteiger partial charge in [0.05, 0.1) is 62.1 Å². The Morgan fingerprint density at radius 2 is 0.828 bits per heavy atom. The summed E-state index contributed by atoms with van der Waals surface area (Å²) in [7, 11) is 0.839. The molecule has 0 bridgehead atoms. The van der Waals surface area contributed by atoms with Crippen molar-refractivity contribution in [2.24, 2.45) is 22.2 Å². The number of hydrogen-bond donors (Lipinski definition) is 5. The number of halogens is 1. The van der Waals surface area contributed by atoms with E-state index in [-0.39, 0.29) is 21.3 Å². The highest BCUT2D eigenvalue weighted by Gasteiger charge is 2.42. The normalized spacial score (nSPS) is 19.8. The van der Waals surface area contributed by atoms with Crippen LogP contribution < -0.4 is 20.0 Å². The number of likely N-dealkylation sites (tertiary alicyclic amines) is 4. The van der Waals surface area contributed by atoms with Gasteiger partial charge in [-0.15, -0.1) is 12.4 Å². The van der Waals surface area contributed by atoms with E-state index in [4.69, 9.17) is 71.9 Å². The molecule has 15 aromatic rings. The van der Waals surface area contributed by atoms with E-state index in [2.05, 4.69) is 141 Å². The van der Waals surface area contributed by atoms with E-state index in [0.29, 0.717) is 143 Å². The molecule has 0 radical (unpaired) electrons. The van der Waals surface area contributed by atoms with E-state index in [0.717, 1.165) is 153 Å². The summed E-state index contributed by atoms with van der Waals surface area (Å²) in [6.07, 6.45) is 27.8. The molecular weight excluding hydrogens is 1660 g/mol. The van der Waals surface area contributed by atoms with Gasteiger partial charge >= 0.3 is 0 Å². The first-order valence-electron chi connectivity index (χ1n) is 44.8. The third kappa shape index (κ3) is 18.5. The van der Waals surface area contributed by atoms with Crippen molar-refractivity contribution in [3.05, 3.63) is 145 Å². The van der Waals surface area contributed by atoms with Gasteiger partial charge in [0.15, 0.2) is 58.0 Å². The fraction of sp³-hybridized carbons (Fsp3) is 0.458. The van der Waals surface area contributed by atoms with Crippen LogP contribution in [0, 0.1) is 22.2 Å². The molecular formula is C96H117ClN20O10S. The predicted molar refractivity (Wildman–Crippen MR) is 507 cm³/mol. The molecule has 9 aliphatic rings. The van der Waals surface area contributed by atoms with Crippen molar-refractivity contribution in [1.82, 2.24) is 84.7 Å². The number of hydrogen-bond acceptors (Lipinski definition) is 26. The standard InChI is InChI=1S/C32H36N6O2.C31H35N7O2.C22H17N5O3.C9H18N2.CH4O3S.CH4.ClH.H2/c1-21-5-7-32(18-21)8-11-37(12-9-32)20-22-17-25-27-28(40-31(25)34-19-22)30(38-13-15-39-16-14-38)36-29(35-27)24-3-2-4-26-23(24)6-10-33-26;1-36-10-6-31(20-36)7-11-37(12-8-31)19-21-17-24-26-27(40-30(24)33-18-21)29(38-13-15-39-16-14-38)35-28(34-26)23-3-2-4-25-22(23)5-9-32-25;28-12-13-10-16-18-19(30-22(16)24-11-13)21(27-6-8-29-9-7-27)26-20(25-18)15-2-1-3-17-14(15)4-5-23-17;1-11-7-4-9(8-11)2-5-10-6-3-9;1-5(2,3)4;;;/h2-4,6,10,17,19,21,33H,5,7-9,11-16,18,20H2,1H3;2-5,9,17-18,32H,6-8,10-16,19-20H2,1H3;1-5,10-12,23H,6-9H2;10H,2-8H2,1H3;1H3,(H,2,3,4);1H4;2*1H/i;;;;;;;1+1. The van der Waals surface area contributed by atoms with E-state index in [9.17, 15) is 13.2 Å². The number of carbonyl (C=O) groups excluding carboxylic acids is 1. The zero-order valence-corrected chi connectivity index (χ0v) is 74.3. The van der Waals surface area contributed by atoms with Crippen LogP contribution in [0.3, 0.4) is 0 Å². The van der Waals surface area contributed by atoms with Crippen LogP contribution in [-0.4, -0.2) is 263 Å². The number of furan rings is 3. The number of nitrogens with zero attached hydrogens (tertiary/aromatic N) is 16. The molecule has 32 heteroatoms. The number of rotatable bonds is 11. The maximum atomic E-state index is 11.3. The Labute approximate surface area is 751 Å². The molecule has 0 amide bonds. The molecule has 9 fully saturated rings. The molecule has 20 heterocycles. The van der Waals surface area contributed by atoms with Crippen LogP contribution in [0.1, 0.15) is 108 Å². The first kappa shape index (κ1) is 88.0. The molecule has 30 nitrogen and oxygen atoms in total. The van der Waals surface area contributed by atoms with Crippen molar-refractivity contribution in [1.29, 1.82) is 0 Å². The average Bonchev–Trinajstić information content (AvgIpc) is 1.61. The number of fused-ring (bicyclic) bond motifs is 12. The number of benzene rings is 3. The molecule has 3 spiro atoms. The van der Waals surface area contributed by atoms with Gasteiger partial charge in [-0.05, 0) is 219 Å². The van der Waals surface area contributed by atoms with Crippen LogP contribution >= 0.6 is 12.4 Å². The Hall–Kier alpha value is -10.7. The van der Waals surface area contributed by atoms with E-state index in [1.807, 2.05) is 55.2 Å². The van der Waals surface area contributed by atoms with Gasteiger partial charge in [0.25, 0.3) is 10.1 Å². The number of ether oxygens (including phenoxy) is 3. The van der Waals surface area contributed by atoms with Crippen molar-refractivity contribution in [2.75, 3.05) is 179 Å². The van der Waals surface area contributed by atoms with Gasteiger partial charge in [-0.1, -0.05) is 57.2 Å². The fourth-order valence-corrected chi connectivity index (χ4v) is 21.0. The predicted octanol–water partition coefficient (Wildman–Crippen LogP) is 15.9. The highest BCUT2D eigenvalue weighted by atomic mass is 35.5. The molecule has 1 unspecified atom stereocenters. The van der Waals surface area contributed by atoms with E-state index < -0.39 is 10.1 Å². The number of H-pyrrole nitrogens is 3. The maximum absolute atomic E-state index is 11.3. The molecule has 24 rings (SSSR count). The molecule has 1 atom stereocenters. The highest BCUT2D eigenvalue weighted by molar-refractivity contribution is 7.85. The lowest BCUT2D eigenvalue weighted by atomic mass is 9.76. The second-order valence-corrected chi connectivity index (χ2v) is 37.9. The van der Waals surface area contributed by atoms with Crippen molar-refractivity contribution in [3.63, 3.8) is 0 Å². The molecule has 8 aliphatic heterocycles. The van der Waals surface area contributed by atoms with Crippen molar-refractivity contribution < 1.29 is 46.7 Å². The number of aromatic nitrogens is 12. The maximum Gasteiger partial charge on any atom is 0.261 e. The fourth-order valence-electron chi connectivity index (χ4n) is 21.0. The zero-order chi connectivity index (χ0) is 85.7. The van der Waals surface area contributed by atoms with Gasteiger partial charge in [0.2, 0.25) is 17.1 Å². The van der Waals surface area contributed by atoms with Crippen LogP contribution in [0.2, 0.25) is 0 Å². The van der Waals surface area contributed by atoms with Gasteiger partial charge < -0.3 is 72.2 Å². The highest BCUT2D eigenvalue weighted by Crippen LogP contribution is 2.50. The first-order chi connectivity index (χ1) is 61.4. The number of aromatic amines is 3. The SMILES string of the molecule is C.CC1CCC2(CCN(Cc3cnc4oc5c(N6CCOCC6)nc(-c6cccc7[nH]ccc67)nc5c4c3)CC2)C1.CN1CCC2(CCN(Cc3cnc4oc5c(N6CCOCC6)nc(-c6cccc7[nH]ccc67)nc5c4c3)CC2)C1.CN1CCC2(CCNCC2)C1.CS(=O)(=O)O.Cl.O=Cc1cnc2oc3c(N4CCOCC4)nc(-c4cccc5[nH]ccc45)nc3c2c1.[2HH]. The lowest BCUT2D eigenvalue weighted by molar-refractivity contribution is 0.100. The molecule has 3 aromatic carbocycles. The Bertz CT molecular complexity index is 6330. The largest absolute Gasteiger partial charge is 0.432 e. The quantitative estimate of drug-likeness (QED) is 0.0593. The summed E-state index contributed by atoms with van der Waals surface area (Å²) in [6, 6.07) is 30.9. The summed E-state index contributed by atoms with van der Waals surface area (Å²) < 4.78 is 61.5. The number of anilines is 3. The van der Waals surface area contributed by atoms with Gasteiger partial charge in [-0.25, -0.2) is 44.9 Å². The summed E-state index contributed by atoms with van der Waals surface area (Å²) in [6.45, 7) is 24.9. The van der Waals surface area contributed by atoms with Crippen molar-refractivity contribution in [3.8, 4) is 34.2 Å². The molecule has 128 heavy (non-hydrogen) atoms. The molecule has 12 aromatic heterocycles. The Morgan fingerprint density at radius 3 is 1.19 bits per heavy atom. The lowest BCUT2D eigenvalue weighted by Gasteiger charge is -2.39.